The zero-order valence-corrected chi connectivity index (χ0v) is 12.7. The van der Waals surface area contributed by atoms with Gasteiger partial charge in [-0.15, -0.1) is 0 Å². The van der Waals surface area contributed by atoms with Crippen molar-refractivity contribution in [2.24, 2.45) is 5.73 Å². The molecule has 7 N–H and O–H groups in total. The second-order valence-corrected chi connectivity index (χ2v) is 4.64. The van der Waals surface area contributed by atoms with Crippen LogP contribution < -0.4 is 11.1 Å². The first-order chi connectivity index (χ1) is 10.6. The van der Waals surface area contributed by atoms with Gasteiger partial charge < -0.3 is 31.5 Å². The highest BCUT2D eigenvalue weighted by Crippen LogP contribution is 2.30. The van der Waals surface area contributed by atoms with Gasteiger partial charge in [-0.3, -0.25) is 14.4 Å². The van der Waals surface area contributed by atoms with Crippen LogP contribution in [0.1, 0.15) is 12.8 Å². The Bertz CT molecular complexity index is 565. The minimum absolute atomic E-state index is 0.0231. The summed E-state index contributed by atoms with van der Waals surface area (Å²) in [5, 5.41) is 36.5. The number of phenolic OH excluding ortho intramolecular Hbond substituents is 1. The van der Waals surface area contributed by atoms with Crippen LogP contribution in [0.5, 0.6) is 5.75 Å². The van der Waals surface area contributed by atoms with Gasteiger partial charge in [0.25, 0.3) is 0 Å². The third-order valence-electron chi connectivity index (χ3n) is 2.39. The van der Waals surface area contributed by atoms with Crippen LogP contribution in [0.4, 0.5) is 5.69 Å². The van der Waals surface area contributed by atoms with Crippen LogP contribution in [0.2, 0.25) is 5.02 Å². The lowest BCUT2D eigenvalue weighted by Gasteiger charge is -2.06. The summed E-state index contributed by atoms with van der Waals surface area (Å²) < 4.78 is 0. The Kier molecular flexibility index (Phi) is 9.12. The van der Waals surface area contributed by atoms with Gasteiger partial charge in [0, 0.05) is 6.42 Å². The summed E-state index contributed by atoms with van der Waals surface area (Å²) in [6.07, 6.45) is -0.224. The fraction of sp³-hybridized carbons (Fsp3) is 0.308. The summed E-state index contributed by atoms with van der Waals surface area (Å²) in [6, 6.07) is 3.53. The topological polar surface area (TPSA) is 170 Å². The fourth-order valence-corrected chi connectivity index (χ4v) is 1.42. The number of halogens is 1. The second-order valence-electron chi connectivity index (χ2n) is 4.26. The van der Waals surface area contributed by atoms with E-state index in [-0.39, 0.29) is 30.2 Å². The van der Waals surface area contributed by atoms with E-state index in [9.17, 15) is 14.4 Å². The van der Waals surface area contributed by atoms with Gasteiger partial charge in [-0.05, 0) is 18.6 Å². The van der Waals surface area contributed by atoms with Crippen LogP contribution in [0.3, 0.4) is 0 Å². The van der Waals surface area contributed by atoms with Crippen molar-refractivity contribution < 1.29 is 34.8 Å². The average Bonchev–Trinajstić information content (AvgIpc) is 2.46. The molecule has 0 aromatic heterocycles. The van der Waals surface area contributed by atoms with Gasteiger partial charge in [0.2, 0.25) is 0 Å². The number of carbonyl (C=O) groups is 3. The number of carboxylic acid groups (broad SMARTS) is 3. The normalized spacial score (nSPS) is 10.9. The molecule has 0 bridgehead atoms. The highest BCUT2D eigenvalue weighted by Gasteiger charge is 2.12. The summed E-state index contributed by atoms with van der Waals surface area (Å²) in [4.78, 5) is 30.1. The van der Waals surface area contributed by atoms with E-state index in [1.165, 1.54) is 6.07 Å². The van der Waals surface area contributed by atoms with E-state index in [0.717, 1.165) is 0 Å². The largest absolute Gasteiger partial charge is 0.506 e. The van der Waals surface area contributed by atoms with E-state index in [1.54, 1.807) is 12.1 Å². The Balaban J connectivity index is 0.000000438. The number of aliphatic carboxylic acids is 3. The van der Waals surface area contributed by atoms with Crippen molar-refractivity contribution in [3.8, 4) is 5.75 Å². The number of nitrogens with two attached hydrogens (primary N) is 1. The van der Waals surface area contributed by atoms with Crippen molar-refractivity contribution in [3.63, 3.8) is 0 Å². The maximum absolute atomic E-state index is 10.2. The lowest BCUT2D eigenvalue weighted by molar-refractivity contribution is -0.140. The summed E-state index contributed by atoms with van der Waals surface area (Å²) in [5.74, 6) is -3.26. The minimum Gasteiger partial charge on any atom is -0.506 e. The van der Waals surface area contributed by atoms with Crippen LogP contribution in [0, 0.1) is 0 Å². The van der Waals surface area contributed by atoms with Crippen molar-refractivity contribution in [2.75, 3.05) is 11.9 Å². The fourth-order valence-electron chi connectivity index (χ4n) is 1.23. The quantitative estimate of drug-likeness (QED) is 0.417. The standard InChI is InChI=1S/C8H8ClNO3.C5H9NO4/c9-8-5(10-4-7(12)13)2-1-3-6(8)11;6-3(5(9)10)1-2-4(7)8/h1-3,10-11H,4H2,(H,12,13);3H,1-2,6H2,(H,7,8)(H,9,10)/t;3-/m.0/s1. The van der Waals surface area contributed by atoms with Crippen molar-refractivity contribution >= 4 is 35.2 Å². The summed E-state index contributed by atoms with van der Waals surface area (Å²) in [7, 11) is 0. The molecular formula is C13H17ClN2O7. The molecule has 128 valence electrons. The number of hydrogen-bond acceptors (Lipinski definition) is 6. The van der Waals surface area contributed by atoms with Gasteiger partial charge in [-0.1, -0.05) is 17.7 Å². The highest BCUT2D eigenvalue weighted by molar-refractivity contribution is 6.34. The molecule has 23 heavy (non-hydrogen) atoms. The summed E-state index contributed by atoms with van der Waals surface area (Å²) in [6.45, 7) is -0.233. The van der Waals surface area contributed by atoms with Gasteiger partial charge in [0.05, 0.1) is 5.69 Å². The van der Waals surface area contributed by atoms with Crippen LogP contribution in [-0.2, 0) is 14.4 Å². The molecular weight excluding hydrogens is 332 g/mol. The van der Waals surface area contributed by atoms with E-state index >= 15 is 0 Å². The van der Waals surface area contributed by atoms with Crippen molar-refractivity contribution in [3.05, 3.63) is 23.2 Å². The zero-order valence-electron chi connectivity index (χ0n) is 11.9. The predicted molar refractivity (Wildman–Crippen MR) is 81.7 cm³/mol. The van der Waals surface area contributed by atoms with Crippen LogP contribution in [-0.4, -0.2) is 50.9 Å². The maximum atomic E-state index is 10.2. The molecule has 0 saturated carbocycles. The van der Waals surface area contributed by atoms with Gasteiger partial charge in [0.1, 0.15) is 23.4 Å². The molecule has 0 aliphatic rings. The molecule has 1 atom stereocenters. The molecule has 1 aromatic rings. The van der Waals surface area contributed by atoms with E-state index in [2.05, 4.69) is 5.32 Å². The zero-order chi connectivity index (χ0) is 18.0. The Hall–Kier alpha value is -2.52. The number of benzene rings is 1. The minimum atomic E-state index is -1.17. The molecule has 0 fully saturated rings. The molecule has 0 radical (unpaired) electrons. The summed E-state index contributed by atoms with van der Waals surface area (Å²) >= 11 is 5.67. The van der Waals surface area contributed by atoms with E-state index in [0.29, 0.717) is 5.69 Å². The number of nitrogens with one attached hydrogen (secondary N) is 1. The van der Waals surface area contributed by atoms with Gasteiger partial charge >= 0.3 is 17.9 Å². The molecule has 0 heterocycles. The number of hydrogen-bond donors (Lipinski definition) is 6. The van der Waals surface area contributed by atoms with Gasteiger partial charge in [-0.2, -0.15) is 0 Å². The Morgan fingerprint density at radius 2 is 1.78 bits per heavy atom. The SMILES string of the molecule is N[C@@H](CCC(=O)O)C(=O)O.O=C(O)CNc1cccc(O)c1Cl. The van der Waals surface area contributed by atoms with Gasteiger partial charge in [-0.25, -0.2) is 0 Å². The van der Waals surface area contributed by atoms with Crippen molar-refractivity contribution in [2.45, 2.75) is 18.9 Å². The monoisotopic (exact) mass is 348 g/mol. The van der Waals surface area contributed by atoms with Gasteiger partial charge in [0.15, 0.2) is 0 Å². The van der Waals surface area contributed by atoms with Crippen LogP contribution in [0.15, 0.2) is 18.2 Å². The number of phenols is 1. The molecule has 0 saturated heterocycles. The third-order valence-corrected chi connectivity index (χ3v) is 2.79. The maximum Gasteiger partial charge on any atom is 0.322 e. The van der Waals surface area contributed by atoms with E-state index in [1.807, 2.05) is 0 Å². The number of rotatable bonds is 7. The molecule has 0 unspecified atom stereocenters. The van der Waals surface area contributed by atoms with E-state index < -0.39 is 23.9 Å². The molecule has 0 aliphatic heterocycles. The first-order valence-corrected chi connectivity index (χ1v) is 6.66. The van der Waals surface area contributed by atoms with Crippen molar-refractivity contribution in [1.82, 2.24) is 0 Å². The lowest BCUT2D eigenvalue weighted by Crippen LogP contribution is -2.30. The van der Waals surface area contributed by atoms with E-state index in [4.69, 9.17) is 37.8 Å². The first-order valence-electron chi connectivity index (χ1n) is 6.28. The Labute approximate surface area is 136 Å². The third kappa shape index (κ3) is 9.17. The lowest BCUT2D eigenvalue weighted by atomic mass is 10.2. The molecule has 0 amide bonds. The Morgan fingerprint density at radius 3 is 2.26 bits per heavy atom. The molecule has 1 rings (SSSR count). The average molecular weight is 349 g/mol. The predicted octanol–water partition coefficient (Wildman–Crippen LogP) is 0.805. The van der Waals surface area contributed by atoms with Crippen molar-refractivity contribution in [1.29, 1.82) is 0 Å². The Morgan fingerprint density at radius 1 is 1.17 bits per heavy atom. The smallest absolute Gasteiger partial charge is 0.322 e. The highest BCUT2D eigenvalue weighted by atomic mass is 35.5. The molecule has 0 spiro atoms. The summed E-state index contributed by atoms with van der Waals surface area (Å²) in [5.41, 5.74) is 5.41. The molecule has 10 heteroatoms. The molecule has 0 aliphatic carbocycles. The molecule has 1 aromatic carbocycles. The number of anilines is 1. The van der Waals surface area contributed by atoms with Crippen LogP contribution in [0.25, 0.3) is 0 Å². The number of carboxylic acids is 3. The second kappa shape index (κ2) is 10.2. The first kappa shape index (κ1) is 20.5. The molecule has 9 nitrogen and oxygen atoms in total. The number of aromatic hydroxyl groups is 1. The van der Waals surface area contributed by atoms with Crippen LogP contribution >= 0.6 is 11.6 Å².